The number of thioether (sulfide) groups is 1. The number of aliphatic hydroxyl groups is 1. The smallest absolute Gasteiger partial charge is 0.130 e. The molecule has 0 heterocycles. The molecule has 1 aromatic rings. The number of hydrogen-bond acceptors (Lipinski definition) is 3. The van der Waals surface area contributed by atoms with E-state index in [4.69, 9.17) is 0 Å². The first-order valence-corrected chi connectivity index (χ1v) is 7.13. The number of aliphatic hydroxyl groups excluding tert-OH is 1. The molecule has 1 aromatic carbocycles. The van der Waals surface area contributed by atoms with E-state index in [0.29, 0.717) is 0 Å². The van der Waals surface area contributed by atoms with Gasteiger partial charge < -0.3 is 10.4 Å². The molecule has 0 saturated carbocycles. The van der Waals surface area contributed by atoms with E-state index in [0.717, 1.165) is 0 Å². The third kappa shape index (κ3) is 3.67. The van der Waals surface area contributed by atoms with Crippen molar-refractivity contribution in [3.8, 4) is 0 Å². The van der Waals surface area contributed by atoms with Crippen LogP contribution in [-0.2, 0) is 0 Å². The van der Waals surface area contributed by atoms with Crippen LogP contribution in [-0.4, -0.2) is 29.3 Å². The van der Waals surface area contributed by atoms with Gasteiger partial charge in [-0.05, 0) is 32.2 Å². The maximum Gasteiger partial charge on any atom is 0.130 e. The quantitative estimate of drug-likeness (QED) is 0.837. The summed E-state index contributed by atoms with van der Waals surface area (Å²) in [4.78, 5) is 0. The largest absolute Gasteiger partial charge is 0.395 e. The van der Waals surface area contributed by atoms with Crippen molar-refractivity contribution in [2.45, 2.75) is 31.2 Å². The third-order valence-electron chi connectivity index (χ3n) is 2.99. The Labute approximate surface area is 111 Å². The first kappa shape index (κ1) is 15.4. The molecule has 0 aliphatic rings. The fourth-order valence-corrected chi connectivity index (χ4v) is 2.58. The number of benzene rings is 1. The second-order valence-electron chi connectivity index (χ2n) is 4.27. The standard InChI is InChI=1S/C13H19F2NOS/c1-8(12(7-17)18-3)16-9(2)13-10(14)5-4-6-11(13)15/h4-6,8-9,12,16-17H,7H2,1-3H3. The summed E-state index contributed by atoms with van der Waals surface area (Å²) in [5.74, 6) is -1.10. The van der Waals surface area contributed by atoms with Crippen molar-refractivity contribution in [3.63, 3.8) is 0 Å². The van der Waals surface area contributed by atoms with E-state index in [1.807, 2.05) is 13.2 Å². The Hall–Kier alpha value is -0.650. The number of halogens is 2. The topological polar surface area (TPSA) is 32.3 Å². The molecule has 2 N–H and O–H groups in total. The Morgan fingerprint density at radius 2 is 1.83 bits per heavy atom. The van der Waals surface area contributed by atoms with Crippen molar-refractivity contribution < 1.29 is 13.9 Å². The molecule has 0 radical (unpaired) electrons. The van der Waals surface area contributed by atoms with Gasteiger partial charge >= 0.3 is 0 Å². The summed E-state index contributed by atoms with van der Waals surface area (Å²) in [6, 6.07) is 3.36. The number of rotatable bonds is 6. The van der Waals surface area contributed by atoms with E-state index < -0.39 is 17.7 Å². The van der Waals surface area contributed by atoms with E-state index in [-0.39, 0.29) is 23.5 Å². The summed E-state index contributed by atoms with van der Waals surface area (Å²) in [5.41, 5.74) is 0.0437. The highest BCUT2D eigenvalue weighted by molar-refractivity contribution is 7.99. The monoisotopic (exact) mass is 275 g/mol. The zero-order valence-corrected chi connectivity index (χ0v) is 11.6. The Bertz CT molecular complexity index is 365. The molecule has 18 heavy (non-hydrogen) atoms. The van der Waals surface area contributed by atoms with Gasteiger partial charge in [0.15, 0.2) is 0 Å². The summed E-state index contributed by atoms with van der Waals surface area (Å²) in [6.07, 6.45) is 1.90. The fraction of sp³-hybridized carbons (Fsp3) is 0.538. The van der Waals surface area contributed by atoms with Gasteiger partial charge in [-0.1, -0.05) is 6.07 Å². The zero-order chi connectivity index (χ0) is 13.7. The van der Waals surface area contributed by atoms with E-state index in [1.54, 1.807) is 6.92 Å². The molecule has 3 atom stereocenters. The molecule has 0 fully saturated rings. The average molecular weight is 275 g/mol. The number of hydrogen-bond donors (Lipinski definition) is 2. The van der Waals surface area contributed by atoms with Gasteiger partial charge in [0.1, 0.15) is 11.6 Å². The predicted octanol–water partition coefficient (Wildman–Crippen LogP) is 2.73. The van der Waals surface area contributed by atoms with Crippen LogP contribution in [0.3, 0.4) is 0 Å². The molecule has 1 rings (SSSR count). The molecule has 102 valence electrons. The van der Waals surface area contributed by atoms with Crippen molar-refractivity contribution in [2.75, 3.05) is 12.9 Å². The predicted molar refractivity (Wildman–Crippen MR) is 71.8 cm³/mol. The van der Waals surface area contributed by atoms with Crippen molar-refractivity contribution in [3.05, 3.63) is 35.4 Å². The summed E-state index contributed by atoms with van der Waals surface area (Å²) < 4.78 is 27.2. The molecule has 0 spiro atoms. The minimum absolute atomic E-state index is 0.00212. The Kier molecular flexibility index (Phi) is 6.05. The molecule has 0 amide bonds. The second-order valence-corrected chi connectivity index (χ2v) is 5.35. The molecule has 0 bridgehead atoms. The summed E-state index contributed by atoms with van der Waals surface area (Å²) in [7, 11) is 0. The molecule has 5 heteroatoms. The second kappa shape index (κ2) is 7.07. The van der Waals surface area contributed by atoms with Gasteiger partial charge in [0.25, 0.3) is 0 Å². The van der Waals surface area contributed by atoms with Crippen molar-refractivity contribution in [1.82, 2.24) is 5.32 Å². The van der Waals surface area contributed by atoms with E-state index in [2.05, 4.69) is 5.32 Å². The van der Waals surface area contributed by atoms with Gasteiger partial charge in [-0.25, -0.2) is 8.78 Å². The van der Waals surface area contributed by atoms with E-state index >= 15 is 0 Å². The average Bonchev–Trinajstić information content (AvgIpc) is 2.30. The lowest BCUT2D eigenvalue weighted by atomic mass is 10.1. The minimum atomic E-state index is -0.549. The Morgan fingerprint density at radius 1 is 1.28 bits per heavy atom. The Balaban J connectivity index is 2.79. The van der Waals surface area contributed by atoms with Gasteiger partial charge in [-0.15, -0.1) is 0 Å². The molecule has 3 unspecified atom stereocenters. The van der Waals surface area contributed by atoms with Crippen molar-refractivity contribution >= 4 is 11.8 Å². The van der Waals surface area contributed by atoms with Crippen LogP contribution in [0.25, 0.3) is 0 Å². The highest BCUT2D eigenvalue weighted by Gasteiger charge is 2.21. The molecular weight excluding hydrogens is 256 g/mol. The summed E-state index contributed by atoms with van der Waals surface area (Å²) in [6.45, 7) is 3.64. The molecule has 0 aliphatic carbocycles. The van der Waals surface area contributed by atoms with Crippen LogP contribution in [0.4, 0.5) is 8.78 Å². The molecule has 0 aromatic heterocycles. The lowest BCUT2D eigenvalue weighted by Gasteiger charge is -2.26. The fourth-order valence-electron chi connectivity index (χ4n) is 1.95. The minimum Gasteiger partial charge on any atom is -0.395 e. The SMILES string of the molecule is CSC(CO)C(C)NC(C)c1c(F)cccc1F. The van der Waals surface area contributed by atoms with Crippen molar-refractivity contribution in [1.29, 1.82) is 0 Å². The maximum atomic E-state index is 13.6. The van der Waals surface area contributed by atoms with Crippen LogP contribution in [0.2, 0.25) is 0 Å². The first-order chi connectivity index (χ1) is 8.51. The Morgan fingerprint density at radius 3 is 2.28 bits per heavy atom. The summed E-state index contributed by atoms with van der Waals surface area (Å²) >= 11 is 1.52. The van der Waals surface area contributed by atoms with Crippen LogP contribution in [0, 0.1) is 11.6 Å². The lowest BCUT2D eigenvalue weighted by molar-refractivity contribution is 0.271. The lowest BCUT2D eigenvalue weighted by Crippen LogP contribution is -2.39. The first-order valence-electron chi connectivity index (χ1n) is 5.84. The van der Waals surface area contributed by atoms with E-state index in [9.17, 15) is 13.9 Å². The number of nitrogens with one attached hydrogen (secondary N) is 1. The summed E-state index contributed by atoms with van der Waals surface area (Å²) in [5, 5.41) is 12.3. The van der Waals surface area contributed by atoms with Gasteiger partial charge in [0, 0.05) is 22.9 Å². The van der Waals surface area contributed by atoms with Crippen LogP contribution in [0.5, 0.6) is 0 Å². The van der Waals surface area contributed by atoms with E-state index in [1.165, 1.54) is 30.0 Å². The molecule has 2 nitrogen and oxygen atoms in total. The highest BCUT2D eigenvalue weighted by Crippen LogP contribution is 2.22. The normalized spacial score (nSPS) is 16.3. The molecule has 0 aliphatic heterocycles. The van der Waals surface area contributed by atoms with Gasteiger partial charge in [0.2, 0.25) is 0 Å². The third-order valence-corrected chi connectivity index (χ3v) is 4.15. The maximum absolute atomic E-state index is 13.6. The molecular formula is C13H19F2NOS. The van der Waals surface area contributed by atoms with Gasteiger partial charge in [0.05, 0.1) is 6.61 Å². The van der Waals surface area contributed by atoms with Crippen molar-refractivity contribution in [2.24, 2.45) is 0 Å². The molecule has 0 saturated heterocycles. The van der Waals surface area contributed by atoms with Crippen LogP contribution in [0.1, 0.15) is 25.5 Å². The van der Waals surface area contributed by atoms with Crippen LogP contribution < -0.4 is 5.32 Å². The van der Waals surface area contributed by atoms with Gasteiger partial charge in [-0.3, -0.25) is 0 Å². The van der Waals surface area contributed by atoms with Crippen LogP contribution in [0.15, 0.2) is 18.2 Å². The van der Waals surface area contributed by atoms with Gasteiger partial charge in [-0.2, -0.15) is 11.8 Å². The zero-order valence-electron chi connectivity index (χ0n) is 10.8. The van der Waals surface area contributed by atoms with Crippen LogP contribution >= 0.6 is 11.8 Å². The highest BCUT2D eigenvalue weighted by atomic mass is 32.2.